The monoisotopic (exact) mass is 436 g/mol. The van der Waals surface area contributed by atoms with Gasteiger partial charge in [-0.15, -0.1) is 0 Å². The van der Waals surface area contributed by atoms with E-state index in [1.807, 2.05) is 18.0 Å². The molecule has 1 amide bonds. The van der Waals surface area contributed by atoms with Crippen LogP contribution in [0.1, 0.15) is 16.9 Å². The number of carbonyl (C=O) groups is 1. The zero-order valence-electron chi connectivity index (χ0n) is 16.4. The van der Waals surface area contributed by atoms with Gasteiger partial charge in [0, 0.05) is 36.6 Å². The van der Waals surface area contributed by atoms with Crippen LogP contribution in [0, 0.1) is 5.82 Å². The third kappa shape index (κ3) is 4.33. The summed E-state index contributed by atoms with van der Waals surface area (Å²) in [5.41, 5.74) is 1.16. The van der Waals surface area contributed by atoms with Gasteiger partial charge in [-0.1, -0.05) is 11.8 Å². The van der Waals surface area contributed by atoms with E-state index in [0.29, 0.717) is 17.4 Å². The molecule has 0 bridgehead atoms. The molecule has 2 aliphatic heterocycles. The number of ether oxygens (including phenoxy) is 1. The molecule has 1 aromatic carbocycles. The summed E-state index contributed by atoms with van der Waals surface area (Å²) in [5, 5.41) is 3.85. The van der Waals surface area contributed by atoms with E-state index in [2.05, 4.69) is 15.2 Å². The van der Waals surface area contributed by atoms with Gasteiger partial charge in [-0.25, -0.2) is 9.37 Å². The fourth-order valence-corrected chi connectivity index (χ4v) is 5.97. The van der Waals surface area contributed by atoms with Crippen LogP contribution in [0.5, 0.6) is 0 Å². The number of nitrogens with one attached hydrogen (secondary N) is 1. The number of nitrogens with zero attached hydrogens (tertiary/aromatic N) is 3. The van der Waals surface area contributed by atoms with E-state index >= 15 is 0 Å². The third-order valence-electron chi connectivity index (χ3n) is 5.57. The minimum atomic E-state index is -0.309. The standard InChI is InChI=1S/C20H25FN4O2S2/c1-28-19-22-12-17(25(19)16-4-2-15(21)3-5-16)18(26)23-13-20(6-11-29-14-20)24-7-9-27-10-8-24/h2-5,12H,6-11,13-14H2,1H3,(H,23,26)/t20-/m0/s1. The highest BCUT2D eigenvalue weighted by Crippen LogP contribution is 2.33. The minimum Gasteiger partial charge on any atom is -0.379 e. The molecule has 0 unspecified atom stereocenters. The second kappa shape index (κ2) is 9.07. The van der Waals surface area contributed by atoms with E-state index < -0.39 is 0 Å². The van der Waals surface area contributed by atoms with Crippen molar-refractivity contribution in [2.45, 2.75) is 17.1 Å². The van der Waals surface area contributed by atoms with Crippen molar-refractivity contribution in [3.05, 3.63) is 42.0 Å². The van der Waals surface area contributed by atoms with Gasteiger partial charge >= 0.3 is 0 Å². The molecule has 0 saturated carbocycles. The minimum absolute atomic E-state index is 0.0207. The fourth-order valence-electron chi connectivity index (χ4n) is 3.95. The Labute approximate surface area is 178 Å². The van der Waals surface area contributed by atoms with Crippen molar-refractivity contribution in [1.29, 1.82) is 0 Å². The summed E-state index contributed by atoms with van der Waals surface area (Å²) < 4.78 is 20.7. The molecular formula is C20H25FN4O2S2. The Morgan fingerprint density at radius 3 is 2.76 bits per heavy atom. The third-order valence-corrected chi connectivity index (χ3v) is 7.46. The van der Waals surface area contributed by atoms with Gasteiger partial charge in [-0.3, -0.25) is 14.3 Å². The Kier molecular flexibility index (Phi) is 6.48. The number of benzene rings is 1. The van der Waals surface area contributed by atoms with Crippen LogP contribution < -0.4 is 5.32 Å². The zero-order chi connectivity index (χ0) is 20.3. The van der Waals surface area contributed by atoms with E-state index in [9.17, 15) is 9.18 Å². The molecule has 2 fully saturated rings. The number of hydrogen-bond acceptors (Lipinski definition) is 6. The maximum Gasteiger partial charge on any atom is 0.270 e. The molecule has 1 atom stereocenters. The average Bonchev–Trinajstić information content (AvgIpc) is 3.41. The number of amides is 1. The molecule has 1 N–H and O–H groups in total. The summed E-state index contributed by atoms with van der Waals surface area (Å²) in [6.45, 7) is 3.90. The van der Waals surface area contributed by atoms with Crippen molar-refractivity contribution < 1.29 is 13.9 Å². The normalized spacial score (nSPS) is 22.7. The predicted molar refractivity (Wildman–Crippen MR) is 115 cm³/mol. The summed E-state index contributed by atoms with van der Waals surface area (Å²) in [6, 6.07) is 6.11. The van der Waals surface area contributed by atoms with Gasteiger partial charge in [0.2, 0.25) is 0 Å². The second-order valence-corrected chi connectivity index (χ2v) is 9.13. The summed E-state index contributed by atoms with van der Waals surface area (Å²) >= 11 is 3.39. The molecule has 4 rings (SSSR count). The molecule has 2 saturated heterocycles. The van der Waals surface area contributed by atoms with Crippen LogP contribution in [0.25, 0.3) is 5.69 Å². The Balaban J connectivity index is 1.54. The molecule has 9 heteroatoms. The number of aromatic nitrogens is 2. The molecule has 1 aromatic heterocycles. The molecule has 0 aliphatic carbocycles. The van der Waals surface area contributed by atoms with Crippen LogP contribution >= 0.6 is 23.5 Å². The lowest BCUT2D eigenvalue weighted by atomic mass is 9.95. The Hall–Kier alpha value is -1.55. The predicted octanol–water partition coefficient (Wildman–Crippen LogP) is 2.67. The van der Waals surface area contributed by atoms with E-state index in [-0.39, 0.29) is 17.3 Å². The summed E-state index contributed by atoms with van der Waals surface area (Å²) in [5.74, 6) is 1.65. The topological polar surface area (TPSA) is 59.4 Å². The quantitative estimate of drug-likeness (QED) is 0.703. The first kappa shape index (κ1) is 20.7. The van der Waals surface area contributed by atoms with Gasteiger partial charge in [0.05, 0.1) is 19.4 Å². The lowest BCUT2D eigenvalue weighted by Crippen LogP contribution is -2.59. The number of rotatable bonds is 6. The van der Waals surface area contributed by atoms with Crippen molar-refractivity contribution in [1.82, 2.24) is 19.8 Å². The van der Waals surface area contributed by atoms with Crippen LogP contribution in [-0.4, -0.2) is 76.5 Å². The molecule has 0 spiro atoms. The van der Waals surface area contributed by atoms with Crippen molar-refractivity contribution >= 4 is 29.4 Å². The molecule has 2 aliphatic rings. The maximum atomic E-state index is 13.4. The van der Waals surface area contributed by atoms with E-state index in [1.165, 1.54) is 23.9 Å². The lowest BCUT2D eigenvalue weighted by Gasteiger charge is -2.43. The lowest BCUT2D eigenvalue weighted by molar-refractivity contribution is -0.0129. The van der Waals surface area contributed by atoms with E-state index in [4.69, 9.17) is 4.74 Å². The Bertz CT molecular complexity index is 847. The van der Waals surface area contributed by atoms with Gasteiger partial charge in [0.1, 0.15) is 11.5 Å². The van der Waals surface area contributed by atoms with Crippen molar-refractivity contribution in [3.8, 4) is 5.69 Å². The number of hydrogen-bond donors (Lipinski definition) is 1. The molecule has 156 valence electrons. The molecule has 3 heterocycles. The fraction of sp³-hybridized carbons (Fsp3) is 0.500. The second-order valence-electron chi connectivity index (χ2n) is 7.25. The SMILES string of the molecule is CSc1ncc(C(=O)NC[C@@]2(N3CCOCC3)CCSC2)n1-c1ccc(F)cc1. The first-order valence-electron chi connectivity index (χ1n) is 9.69. The first-order valence-corrected chi connectivity index (χ1v) is 12.1. The zero-order valence-corrected chi connectivity index (χ0v) is 18.0. The summed E-state index contributed by atoms with van der Waals surface area (Å²) in [6.07, 6.45) is 4.56. The Morgan fingerprint density at radius 1 is 1.34 bits per heavy atom. The highest BCUT2D eigenvalue weighted by Gasteiger charge is 2.41. The highest BCUT2D eigenvalue weighted by atomic mass is 32.2. The number of halogens is 1. The summed E-state index contributed by atoms with van der Waals surface area (Å²) in [7, 11) is 0. The number of morpholine rings is 1. The summed E-state index contributed by atoms with van der Waals surface area (Å²) in [4.78, 5) is 20.0. The molecular weight excluding hydrogens is 411 g/mol. The number of carbonyl (C=O) groups excluding carboxylic acids is 1. The van der Waals surface area contributed by atoms with Gasteiger partial charge in [0.15, 0.2) is 5.16 Å². The van der Waals surface area contributed by atoms with Gasteiger partial charge in [0.25, 0.3) is 5.91 Å². The smallest absolute Gasteiger partial charge is 0.270 e. The first-order chi connectivity index (χ1) is 14.1. The molecule has 29 heavy (non-hydrogen) atoms. The number of imidazole rings is 1. The van der Waals surface area contributed by atoms with Crippen molar-refractivity contribution in [3.63, 3.8) is 0 Å². The van der Waals surface area contributed by atoms with Gasteiger partial charge in [-0.2, -0.15) is 11.8 Å². The van der Waals surface area contributed by atoms with Gasteiger partial charge < -0.3 is 10.1 Å². The van der Waals surface area contributed by atoms with Crippen LogP contribution in [0.15, 0.2) is 35.6 Å². The molecule has 0 radical (unpaired) electrons. The Morgan fingerprint density at radius 2 is 2.10 bits per heavy atom. The van der Waals surface area contributed by atoms with Gasteiger partial charge in [-0.05, 0) is 42.7 Å². The van der Waals surface area contributed by atoms with Crippen LogP contribution in [0.2, 0.25) is 0 Å². The average molecular weight is 437 g/mol. The van der Waals surface area contributed by atoms with Crippen LogP contribution in [0.3, 0.4) is 0 Å². The maximum absolute atomic E-state index is 13.4. The highest BCUT2D eigenvalue weighted by molar-refractivity contribution is 7.99. The molecule has 2 aromatic rings. The van der Waals surface area contributed by atoms with E-state index in [0.717, 1.165) is 49.9 Å². The van der Waals surface area contributed by atoms with E-state index in [1.54, 1.807) is 22.9 Å². The largest absolute Gasteiger partial charge is 0.379 e. The van der Waals surface area contributed by atoms with Crippen molar-refractivity contribution in [2.75, 3.05) is 50.6 Å². The van der Waals surface area contributed by atoms with Crippen LogP contribution in [0.4, 0.5) is 4.39 Å². The number of thioether (sulfide) groups is 2. The van der Waals surface area contributed by atoms with Crippen molar-refractivity contribution in [2.24, 2.45) is 0 Å². The molecule has 6 nitrogen and oxygen atoms in total. The van der Waals surface area contributed by atoms with Crippen LogP contribution in [-0.2, 0) is 4.74 Å².